The van der Waals surface area contributed by atoms with E-state index in [0.29, 0.717) is 6.42 Å². The maximum absolute atomic E-state index is 13.1. The van der Waals surface area contributed by atoms with E-state index >= 15 is 0 Å². The van der Waals surface area contributed by atoms with Crippen LogP contribution in [-0.2, 0) is 6.42 Å². The Morgan fingerprint density at radius 1 is 0.760 bits per heavy atom. The van der Waals surface area contributed by atoms with Crippen LogP contribution in [0.15, 0.2) is 78.9 Å². The molecule has 120 valence electrons. The number of carbonyl (C=O) groups excluding carboxylic acids is 1. The van der Waals surface area contributed by atoms with Gasteiger partial charge in [0.15, 0.2) is 6.10 Å². The first-order chi connectivity index (χ1) is 12.3. The summed E-state index contributed by atoms with van der Waals surface area (Å²) >= 11 is 0. The van der Waals surface area contributed by atoms with Crippen molar-refractivity contribution in [2.75, 3.05) is 0 Å². The molecule has 1 aliphatic rings. The van der Waals surface area contributed by atoms with Gasteiger partial charge in [-0.2, -0.15) is 0 Å². The van der Waals surface area contributed by atoms with E-state index in [1.807, 2.05) is 60.7 Å². The summed E-state index contributed by atoms with van der Waals surface area (Å²) in [5.41, 5.74) is 1.87. The van der Waals surface area contributed by atoms with Crippen LogP contribution < -0.4 is 4.74 Å². The molecule has 2 heteroatoms. The minimum atomic E-state index is -0.452. The highest BCUT2D eigenvalue weighted by Crippen LogP contribution is 2.36. The first kappa shape index (κ1) is 14.2. The lowest BCUT2D eigenvalue weighted by Gasteiger charge is -2.11. The van der Waals surface area contributed by atoms with E-state index in [-0.39, 0.29) is 5.78 Å². The Morgan fingerprint density at radius 3 is 2.28 bits per heavy atom. The third kappa shape index (κ3) is 2.22. The molecule has 4 aromatic carbocycles. The molecule has 0 saturated carbocycles. The molecule has 0 radical (unpaired) electrons. The number of fused-ring (bicyclic) bond motifs is 4. The Hall–Kier alpha value is -3.13. The van der Waals surface area contributed by atoms with Crippen molar-refractivity contribution in [1.29, 1.82) is 0 Å². The zero-order valence-electron chi connectivity index (χ0n) is 13.6. The van der Waals surface area contributed by atoms with Crippen molar-refractivity contribution in [2.45, 2.75) is 12.5 Å². The van der Waals surface area contributed by atoms with Gasteiger partial charge in [0.05, 0.1) is 0 Å². The van der Waals surface area contributed by atoms with Gasteiger partial charge in [-0.25, -0.2) is 0 Å². The number of carbonyl (C=O) groups is 1. The molecular weight excluding hydrogens is 308 g/mol. The lowest BCUT2D eigenvalue weighted by molar-refractivity contribution is 0.0826. The van der Waals surface area contributed by atoms with E-state index in [4.69, 9.17) is 4.74 Å². The molecule has 0 spiro atoms. The zero-order valence-corrected chi connectivity index (χ0v) is 13.6. The Kier molecular flexibility index (Phi) is 3.10. The molecule has 0 saturated heterocycles. The van der Waals surface area contributed by atoms with Crippen LogP contribution in [0.1, 0.15) is 15.9 Å². The molecule has 0 aromatic heterocycles. The number of benzene rings is 4. The number of hydrogen-bond acceptors (Lipinski definition) is 2. The normalized spacial score (nSPS) is 15.9. The Balaban J connectivity index is 1.56. The maximum Gasteiger partial charge on any atom is 0.204 e. The molecule has 25 heavy (non-hydrogen) atoms. The van der Waals surface area contributed by atoms with Crippen molar-refractivity contribution in [3.63, 3.8) is 0 Å². The molecule has 4 aromatic rings. The van der Waals surface area contributed by atoms with Gasteiger partial charge >= 0.3 is 0 Å². The van der Waals surface area contributed by atoms with Gasteiger partial charge in [-0.3, -0.25) is 4.79 Å². The smallest absolute Gasteiger partial charge is 0.204 e. The molecule has 5 rings (SSSR count). The summed E-state index contributed by atoms with van der Waals surface area (Å²) in [6.45, 7) is 0. The minimum absolute atomic E-state index is 0.0529. The van der Waals surface area contributed by atoms with Crippen molar-refractivity contribution in [3.8, 4) is 5.75 Å². The van der Waals surface area contributed by atoms with Gasteiger partial charge in [-0.1, -0.05) is 72.8 Å². The van der Waals surface area contributed by atoms with Crippen LogP contribution in [0, 0.1) is 0 Å². The molecule has 1 unspecified atom stereocenters. The fourth-order valence-corrected chi connectivity index (χ4v) is 3.78. The van der Waals surface area contributed by atoms with Crippen molar-refractivity contribution < 1.29 is 9.53 Å². The van der Waals surface area contributed by atoms with E-state index in [1.54, 1.807) is 0 Å². The second-order valence-electron chi connectivity index (χ2n) is 6.46. The maximum atomic E-state index is 13.1. The molecule has 0 amide bonds. The van der Waals surface area contributed by atoms with Gasteiger partial charge in [0.2, 0.25) is 5.78 Å². The van der Waals surface area contributed by atoms with Crippen LogP contribution in [0.3, 0.4) is 0 Å². The molecule has 1 heterocycles. The van der Waals surface area contributed by atoms with Crippen molar-refractivity contribution in [2.24, 2.45) is 0 Å². The predicted molar refractivity (Wildman–Crippen MR) is 100 cm³/mol. The van der Waals surface area contributed by atoms with E-state index in [9.17, 15) is 4.79 Å². The molecule has 0 bridgehead atoms. The average Bonchev–Trinajstić information content (AvgIpc) is 3.12. The summed E-state index contributed by atoms with van der Waals surface area (Å²) < 4.78 is 6.03. The molecule has 0 N–H and O–H groups in total. The fourth-order valence-electron chi connectivity index (χ4n) is 3.78. The average molecular weight is 324 g/mol. The van der Waals surface area contributed by atoms with Gasteiger partial charge < -0.3 is 4.74 Å². The largest absolute Gasteiger partial charge is 0.482 e. The Labute approximate surface area is 145 Å². The first-order valence-electron chi connectivity index (χ1n) is 8.50. The summed E-state index contributed by atoms with van der Waals surface area (Å²) in [5.74, 6) is 0.884. The number of hydrogen-bond donors (Lipinski definition) is 0. The van der Waals surface area contributed by atoms with Gasteiger partial charge in [0.25, 0.3) is 0 Å². The third-order valence-corrected chi connectivity index (χ3v) is 5.00. The second-order valence-corrected chi connectivity index (χ2v) is 6.46. The number of Topliss-reactive ketones (excluding diaryl/α,β-unsaturated/α-hetero) is 1. The van der Waals surface area contributed by atoms with Crippen LogP contribution in [0.25, 0.3) is 21.5 Å². The Bertz CT molecular complexity index is 1120. The molecule has 1 aliphatic heterocycles. The van der Waals surface area contributed by atoms with Crippen LogP contribution in [-0.4, -0.2) is 11.9 Å². The lowest BCUT2D eigenvalue weighted by Crippen LogP contribution is -2.25. The summed E-state index contributed by atoms with van der Waals surface area (Å²) in [5, 5.41) is 4.42. The van der Waals surface area contributed by atoms with Crippen molar-refractivity contribution in [1.82, 2.24) is 0 Å². The highest BCUT2D eigenvalue weighted by atomic mass is 16.5. The van der Waals surface area contributed by atoms with E-state index in [1.165, 1.54) is 10.8 Å². The van der Waals surface area contributed by atoms with E-state index < -0.39 is 6.10 Å². The number of rotatable bonds is 2. The molecular formula is C23H16O2. The standard InChI is InChI=1S/C23H16O2/c24-23(19-11-5-8-15-6-1-3-9-17(15)19)22-14-20-18-10-4-2-7-16(18)12-13-21(20)25-22/h1-13,22H,14H2. The Morgan fingerprint density at radius 2 is 1.44 bits per heavy atom. The van der Waals surface area contributed by atoms with Gasteiger partial charge in [0.1, 0.15) is 5.75 Å². The van der Waals surface area contributed by atoms with Crippen LogP contribution in [0.5, 0.6) is 5.75 Å². The van der Waals surface area contributed by atoms with Crippen molar-refractivity contribution in [3.05, 3.63) is 90.0 Å². The van der Waals surface area contributed by atoms with Gasteiger partial charge in [-0.05, 0) is 27.6 Å². The zero-order chi connectivity index (χ0) is 16.8. The van der Waals surface area contributed by atoms with Crippen molar-refractivity contribution >= 4 is 27.3 Å². The molecule has 0 aliphatic carbocycles. The predicted octanol–water partition coefficient (Wildman–Crippen LogP) is 5.18. The highest BCUT2D eigenvalue weighted by molar-refractivity contribution is 6.10. The number of ketones is 1. The van der Waals surface area contributed by atoms with Gasteiger partial charge in [0, 0.05) is 17.5 Å². The minimum Gasteiger partial charge on any atom is -0.482 e. The van der Waals surface area contributed by atoms with E-state index in [2.05, 4.69) is 18.2 Å². The molecule has 1 atom stereocenters. The summed E-state index contributed by atoms with van der Waals surface area (Å²) in [7, 11) is 0. The highest BCUT2D eigenvalue weighted by Gasteiger charge is 2.31. The monoisotopic (exact) mass is 324 g/mol. The summed E-state index contributed by atoms with van der Waals surface area (Å²) in [6, 6.07) is 26.1. The first-order valence-corrected chi connectivity index (χ1v) is 8.50. The van der Waals surface area contributed by atoms with Crippen LogP contribution in [0.4, 0.5) is 0 Å². The summed E-state index contributed by atoms with van der Waals surface area (Å²) in [6.07, 6.45) is 0.172. The SMILES string of the molecule is O=C(c1cccc2ccccc12)C1Cc2c(ccc3ccccc23)O1. The fraction of sp³-hybridized carbons (Fsp3) is 0.0870. The van der Waals surface area contributed by atoms with Gasteiger partial charge in [-0.15, -0.1) is 0 Å². The topological polar surface area (TPSA) is 26.3 Å². The second kappa shape index (κ2) is 5.45. The van der Waals surface area contributed by atoms with Crippen LogP contribution >= 0.6 is 0 Å². The molecule has 2 nitrogen and oxygen atoms in total. The van der Waals surface area contributed by atoms with E-state index in [0.717, 1.165) is 27.6 Å². The third-order valence-electron chi connectivity index (χ3n) is 5.00. The van der Waals surface area contributed by atoms with Crippen LogP contribution in [0.2, 0.25) is 0 Å². The molecule has 0 fully saturated rings. The quantitative estimate of drug-likeness (QED) is 0.475. The summed E-state index contributed by atoms with van der Waals surface area (Å²) in [4.78, 5) is 13.1. The lowest BCUT2D eigenvalue weighted by atomic mass is 9.95. The number of ether oxygens (including phenoxy) is 1.